The summed E-state index contributed by atoms with van der Waals surface area (Å²) in [7, 11) is 0. The Labute approximate surface area is 111 Å². The zero-order chi connectivity index (χ0) is 12.1. The van der Waals surface area contributed by atoms with E-state index >= 15 is 0 Å². The average Bonchev–Trinajstić information content (AvgIpc) is 2.38. The molecule has 0 saturated heterocycles. The fourth-order valence-electron chi connectivity index (χ4n) is 1.80. The van der Waals surface area contributed by atoms with Crippen LogP contribution in [0.2, 0.25) is 0 Å². The van der Waals surface area contributed by atoms with Crippen molar-refractivity contribution in [2.45, 2.75) is 13.3 Å². The van der Waals surface area contributed by atoms with E-state index in [0.717, 1.165) is 10.9 Å². The zero-order valence-corrected chi connectivity index (χ0v) is 11.4. The van der Waals surface area contributed by atoms with Crippen molar-refractivity contribution in [2.75, 3.05) is 0 Å². The van der Waals surface area contributed by atoms with Crippen molar-refractivity contribution >= 4 is 27.6 Å². The lowest BCUT2D eigenvalue weighted by Gasteiger charge is -2.05. The first-order valence-corrected chi connectivity index (χ1v) is 6.60. The van der Waals surface area contributed by atoms with E-state index < -0.39 is 0 Å². The molecule has 17 heavy (non-hydrogen) atoms. The van der Waals surface area contributed by atoms with Crippen molar-refractivity contribution in [3.8, 4) is 0 Å². The molecule has 0 atom stereocenters. The van der Waals surface area contributed by atoms with Crippen molar-refractivity contribution in [1.29, 1.82) is 0 Å². The van der Waals surface area contributed by atoms with E-state index in [2.05, 4.69) is 77.5 Å². The molecule has 0 aliphatic carbocycles. The van der Waals surface area contributed by atoms with Crippen LogP contribution in [0.3, 0.4) is 0 Å². The quantitative estimate of drug-likeness (QED) is 0.663. The van der Waals surface area contributed by atoms with Crippen molar-refractivity contribution in [3.05, 3.63) is 70.2 Å². The number of hydrogen-bond donors (Lipinski definition) is 0. The molecule has 0 amide bonds. The van der Waals surface area contributed by atoms with Crippen molar-refractivity contribution < 1.29 is 0 Å². The predicted octanol–water partition coefficient (Wildman–Crippen LogP) is 5.40. The van der Waals surface area contributed by atoms with Gasteiger partial charge in [-0.1, -0.05) is 71.4 Å². The summed E-state index contributed by atoms with van der Waals surface area (Å²) in [4.78, 5) is 0. The molecule has 2 rings (SSSR count). The van der Waals surface area contributed by atoms with Gasteiger partial charge < -0.3 is 0 Å². The van der Waals surface area contributed by atoms with Crippen molar-refractivity contribution in [2.24, 2.45) is 0 Å². The Morgan fingerprint density at radius 3 is 2.24 bits per heavy atom. The highest BCUT2D eigenvalue weighted by molar-refractivity contribution is 9.10. The molecule has 0 fully saturated rings. The molecule has 0 aromatic heterocycles. The standard InChI is InChI=1S/C16H15Br/c1-2-14(12-13-6-4-3-5-7-13)15-8-10-16(17)11-9-15/h3-12H,2H2,1H3/b14-12-. The topological polar surface area (TPSA) is 0 Å². The molecule has 1 heteroatoms. The summed E-state index contributed by atoms with van der Waals surface area (Å²) in [6.07, 6.45) is 3.29. The van der Waals surface area contributed by atoms with Crippen LogP contribution in [-0.4, -0.2) is 0 Å². The Balaban J connectivity index is 2.34. The van der Waals surface area contributed by atoms with Gasteiger partial charge in [-0.25, -0.2) is 0 Å². The van der Waals surface area contributed by atoms with E-state index in [1.807, 2.05) is 6.07 Å². The molecular formula is C16H15Br. The van der Waals surface area contributed by atoms with E-state index in [-0.39, 0.29) is 0 Å². The summed E-state index contributed by atoms with van der Waals surface area (Å²) in [5, 5.41) is 0. The summed E-state index contributed by atoms with van der Waals surface area (Å²) in [6.45, 7) is 2.19. The van der Waals surface area contributed by atoms with Gasteiger partial charge in [0.15, 0.2) is 0 Å². The Morgan fingerprint density at radius 1 is 1.00 bits per heavy atom. The fraction of sp³-hybridized carbons (Fsp3) is 0.125. The first-order chi connectivity index (χ1) is 8.29. The third-order valence-corrected chi connectivity index (χ3v) is 3.27. The maximum atomic E-state index is 3.46. The van der Waals surface area contributed by atoms with Crippen LogP contribution in [0, 0.1) is 0 Å². The second-order valence-corrected chi connectivity index (χ2v) is 4.86. The van der Waals surface area contributed by atoms with E-state index in [9.17, 15) is 0 Å². The predicted molar refractivity (Wildman–Crippen MR) is 78.7 cm³/mol. The van der Waals surface area contributed by atoms with E-state index in [4.69, 9.17) is 0 Å². The van der Waals surface area contributed by atoms with Crippen LogP contribution in [-0.2, 0) is 0 Å². The molecule has 0 spiro atoms. The fourth-order valence-corrected chi connectivity index (χ4v) is 2.07. The van der Waals surface area contributed by atoms with E-state index in [1.165, 1.54) is 16.7 Å². The lowest BCUT2D eigenvalue weighted by Crippen LogP contribution is -1.83. The largest absolute Gasteiger partial charge is 0.0622 e. The van der Waals surface area contributed by atoms with E-state index in [1.54, 1.807) is 0 Å². The van der Waals surface area contributed by atoms with Crippen LogP contribution >= 0.6 is 15.9 Å². The Hall–Kier alpha value is -1.34. The van der Waals surface area contributed by atoms with Gasteiger partial charge in [0, 0.05) is 4.47 Å². The van der Waals surface area contributed by atoms with Crippen LogP contribution in [0.15, 0.2) is 59.1 Å². The molecule has 0 aliphatic heterocycles. The second kappa shape index (κ2) is 5.83. The van der Waals surface area contributed by atoms with E-state index in [0.29, 0.717) is 0 Å². The monoisotopic (exact) mass is 286 g/mol. The van der Waals surface area contributed by atoms with Gasteiger partial charge in [0.05, 0.1) is 0 Å². The van der Waals surface area contributed by atoms with Crippen LogP contribution in [0.5, 0.6) is 0 Å². The molecule has 0 radical (unpaired) electrons. The third kappa shape index (κ3) is 3.31. The normalized spacial score (nSPS) is 11.5. The molecular weight excluding hydrogens is 272 g/mol. The van der Waals surface area contributed by atoms with Gasteiger partial charge in [-0.3, -0.25) is 0 Å². The Kier molecular flexibility index (Phi) is 4.16. The van der Waals surface area contributed by atoms with Crippen LogP contribution in [0.25, 0.3) is 11.6 Å². The molecule has 0 N–H and O–H groups in total. The number of benzene rings is 2. The molecule has 0 aliphatic rings. The van der Waals surface area contributed by atoms with Gasteiger partial charge in [0.2, 0.25) is 0 Å². The molecule has 86 valence electrons. The van der Waals surface area contributed by atoms with Gasteiger partial charge in [-0.15, -0.1) is 0 Å². The maximum absolute atomic E-state index is 3.46. The molecule has 0 saturated carbocycles. The highest BCUT2D eigenvalue weighted by Crippen LogP contribution is 2.23. The van der Waals surface area contributed by atoms with Crippen molar-refractivity contribution in [1.82, 2.24) is 0 Å². The van der Waals surface area contributed by atoms with Gasteiger partial charge in [0.25, 0.3) is 0 Å². The molecule has 0 heterocycles. The Bertz CT molecular complexity index is 495. The number of rotatable bonds is 3. The lowest BCUT2D eigenvalue weighted by molar-refractivity contribution is 1.25. The minimum atomic E-state index is 1.04. The minimum Gasteiger partial charge on any atom is -0.0622 e. The molecule has 0 nitrogen and oxygen atoms in total. The number of allylic oxidation sites excluding steroid dienone is 1. The summed E-state index contributed by atoms with van der Waals surface area (Å²) in [6, 6.07) is 18.9. The number of halogens is 1. The van der Waals surface area contributed by atoms with Gasteiger partial charge in [0.1, 0.15) is 0 Å². The summed E-state index contributed by atoms with van der Waals surface area (Å²) >= 11 is 3.46. The summed E-state index contributed by atoms with van der Waals surface area (Å²) < 4.78 is 1.12. The van der Waals surface area contributed by atoms with Gasteiger partial charge in [-0.2, -0.15) is 0 Å². The van der Waals surface area contributed by atoms with Gasteiger partial charge in [-0.05, 0) is 35.3 Å². The van der Waals surface area contributed by atoms with Gasteiger partial charge >= 0.3 is 0 Å². The molecule has 0 bridgehead atoms. The SMILES string of the molecule is CC/C(=C/c1ccccc1)c1ccc(Br)cc1. The second-order valence-electron chi connectivity index (χ2n) is 3.94. The summed E-state index contributed by atoms with van der Waals surface area (Å²) in [5.41, 5.74) is 3.91. The third-order valence-electron chi connectivity index (χ3n) is 2.74. The highest BCUT2D eigenvalue weighted by Gasteiger charge is 1.99. The molecule has 2 aromatic carbocycles. The highest BCUT2D eigenvalue weighted by atomic mass is 79.9. The van der Waals surface area contributed by atoms with Crippen molar-refractivity contribution in [3.63, 3.8) is 0 Å². The Morgan fingerprint density at radius 2 is 1.65 bits per heavy atom. The molecule has 0 unspecified atom stereocenters. The molecule has 2 aromatic rings. The smallest absolute Gasteiger partial charge is 0.0175 e. The zero-order valence-electron chi connectivity index (χ0n) is 9.86. The lowest BCUT2D eigenvalue weighted by atomic mass is 10.0. The average molecular weight is 287 g/mol. The minimum absolute atomic E-state index is 1.04. The van der Waals surface area contributed by atoms with Crippen LogP contribution < -0.4 is 0 Å². The maximum Gasteiger partial charge on any atom is 0.0175 e. The first-order valence-electron chi connectivity index (χ1n) is 5.81. The summed E-state index contributed by atoms with van der Waals surface area (Å²) in [5.74, 6) is 0. The first kappa shape index (κ1) is 12.1. The number of hydrogen-bond acceptors (Lipinski definition) is 0. The van der Waals surface area contributed by atoms with Crippen LogP contribution in [0.4, 0.5) is 0 Å². The van der Waals surface area contributed by atoms with Crippen LogP contribution in [0.1, 0.15) is 24.5 Å².